The van der Waals surface area contributed by atoms with E-state index in [1.54, 1.807) is 18.2 Å². The van der Waals surface area contributed by atoms with Crippen molar-refractivity contribution in [2.45, 2.75) is 19.9 Å². The van der Waals surface area contributed by atoms with Gasteiger partial charge in [0.1, 0.15) is 17.6 Å². The molecule has 0 bridgehead atoms. The summed E-state index contributed by atoms with van der Waals surface area (Å²) < 4.78 is 7.21. The summed E-state index contributed by atoms with van der Waals surface area (Å²) in [5.74, 6) is 1.53. The summed E-state index contributed by atoms with van der Waals surface area (Å²) in [4.78, 5) is 18.6. The predicted molar refractivity (Wildman–Crippen MR) is 89.5 cm³/mol. The summed E-state index contributed by atoms with van der Waals surface area (Å²) in [6.07, 6.45) is 3.60. The predicted octanol–water partition coefficient (Wildman–Crippen LogP) is 2.57. The van der Waals surface area contributed by atoms with Gasteiger partial charge < -0.3 is 19.5 Å². The summed E-state index contributed by atoms with van der Waals surface area (Å²) in [5.41, 5.74) is 0.930. The van der Waals surface area contributed by atoms with Crippen LogP contribution in [-0.4, -0.2) is 40.7 Å². The molecule has 2 rings (SSSR count). The second-order valence-corrected chi connectivity index (χ2v) is 5.23. The van der Waals surface area contributed by atoms with Crippen molar-refractivity contribution < 1.29 is 9.53 Å². The molecule has 1 N–H and O–H groups in total. The number of methoxy groups -OCH3 is 1. The van der Waals surface area contributed by atoms with Gasteiger partial charge in [-0.2, -0.15) is 0 Å². The molecule has 0 saturated carbocycles. The topological polar surface area (TPSA) is 59.4 Å². The second-order valence-electron chi connectivity index (χ2n) is 5.23. The van der Waals surface area contributed by atoms with Gasteiger partial charge in [-0.1, -0.05) is 12.1 Å². The fourth-order valence-corrected chi connectivity index (χ4v) is 2.50. The van der Waals surface area contributed by atoms with Gasteiger partial charge in [-0.25, -0.2) is 9.78 Å². The number of carbonyl (C=O) groups is 1. The number of urea groups is 1. The molecule has 1 unspecified atom stereocenters. The van der Waals surface area contributed by atoms with E-state index in [9.17, 15) is 4.79 Å². The molecule has 1 aromatic heterocycles. The number of hydrogen-bond donors (Lipinski definition) is 1. The van der Waals surface area contributed by atoms with E-state index in [0.29, 0.717) is 13.1 Å². The van der Waals surface area contributed by atoms with E-state index >= 15 is 0 Å². The second kappa shape index (κ2) is 7.67. The lowest BCUT2D eigenvalue weighted by Gasteiger charge is -2.25. The molecule has 1 aromatic carbocycles. The number of nitrogens with zero attached hydrogens (tertiary/aromatic N) is 3. The van der Waals surface area contributed by atoms with Crippen LogP contribution in [0.3, 0.4) is 0 Å². The Hall–Kier alpha value is -2.50. The summed E-state index contributed by atoms with van der Waals surface area (Å²) in [6.45, 7) is 5.25. The maximum absolute atomic E-state index is 12.5. The maximum Gasteiger partial charge on any atom is 0.318 e. The van der Waals surface area contributed by atoms with Crippen molar-refractivity contribution in [2.24, 2.45) is 7.05 Å². The van der Waals surface area contributed by atoms with Gasteiger partial charge in [0.25, 0.3) is 0 Å². The monoisotopic (exact) mass is 316 g/mol. The maximum atomic E-state index is 12.5. The first-order valence-corrected chi connectivity index (χ1v) is 7.77. The fourth-order valence-electron chi connectivity index (χ4n) is 2.50. The first-order chi connectivity index (χ1) is 11.1. The Morgan fingerprint density at radius 1 is 1.39 bits per heavy atom. The average molecular weight is 316 g/mol. The molecule has 0 aliphatic heterocycles. The molecule has 6 nitrogen and oxygen atoms in total. The highest BCUT2D eigenvalue weighted by Gasteiger charge is 2.23. The molecule has 124 valence electrons. The van der Waals surface area contributed by atoms with E-state index in [4.69, 9.17) is 4.74 Å². The van der Waals surface area contributed by atoms with Crippen molar-refractivity contribution in [3.8, 4) is 5.75 Å². The summed E-state index contributed by atoms with van der Waals surface area (Å²) in [5, 5.41) is 3.08. The molecular weight excluding hydrogens is 292 g/mol. The Bertz CT molecular complexity index is 650. The minimum atomic E-state index is -0.335. The number of carbonyl (C=O) groups excluding carboxylic acids is 1. The van der Waals surface area contributed by atoms with Gasteiger partial charge in [-0.15, -0.1) is 0 Å². The first-order valence-electron chi connectivity index (χ1n) is 7.77. The van der Waals surface area contributed by atoms with Crippen molar-refractivity contribution >= 4 is 6.03 Å². The standard InChI is InChI=1S/C17H24N4O2/c1-5-21(6-2)17(22)19-15(16-18-10-11-20(16)3)13-8-7-9-14(12-13)23-4/h7-12,15H,5-6H2,1-4H3,(H,19,22). The first kappa shape index (κ1) is 16.9. The average Bonchev–Trinajstić information content (AvgIpc) is 2.99. The van der Waals surface area contributed by atoms with Crippen molar-refractivity contribution in [2.75, 3.05) is 20.2 Å². The van der Waals surface area contributed by atoms with Gasteiger partial charge >= 0.3 is 6.03 Å². The SMILES string of the molecule is CCN(CC)C(=O)NC(c1cccc(OC)c1)c1nccn1C. The van der Waals surface area contributed by atoms with Gasteiger partial charge in [0.15, 0.2) is 0 Å². The van der Waals surface area contributed by atoms with Gasteiger partial charge in [0.2, 0.25) is 0 Å². The van der Waals surface area contributed by atoms with Gasteiger partial charge in [0, 0.05) is 32.5 Å². The summed E-state index contributed by atoms with van der Waals surface area (Å²) >= 11 is 0. The van der Waals surface area contributed by atoms with Crippen LogP contribution in [0.1, 0.15) is 31.3 Å². The molecule has 2 amide bonds. The van der Waals surface area contributed by atoms with Crippen LogP contribution in [0.25, 0.3) is 0 Å². The van der Waals surface area contributed by atoms with E-state index in [1.165, 1.54) is 0 Å². The molecule has 1 heterocycles. The summed E-state index contributed by atoms with van der Waals surface area (Å²) in [6, 6.07) is 7.23. The van der Waals surface area contributed by atoms with Crippen molar-refractivity contribution in [3.05, 3.63) is 48.0 Å². The number of nitrogens with one attached hydrogen (secondary N) is 1. The number of hydrogen-bond acceptors (Lipinski definition) is 3. The van der Waals surface area contributed by atoms with Crippen molar-refractivity contribution in [1.82, 2.24) is 19.8 Å². The molecule has 23 heavy (non-hydrogen) atoms. The number of benzene rings is 1. The van der Waals surface area contributed by atoms with E-state index in [-0.39, 0.29) is 12.1 Å². The van der Waals surface area contributed by atoms with E-state index in [2.05, 4.69) is 10.3 Å². The Labute approximate surface area is 137 Å². The van der Waals surface area contributed by atoms with Crippen LogP contribution < -0.4 is 10.1 Å². The third-order valence-corrected chi connectivity index (χ3v) is 3.86. The zero-order chi connectivity index (χ0) is 16.8. The highest BCUT2D eigenvalue weighted by molar-refractivity contribution is 5.75. The zero-order valence-corrected chi connectivity index (χ0v) is 14.1. The van der Waals surface area contributed by atoms with Crippen molar-refractivity contribution in [3.63, 3.8) is 0 Å². The normalized spacial score (nSPS) is 11.8. The molecule has 0 fully saturated rings. The molecule has 0 spiro atoms. The third kappa shape index (κ3) is 3.83. The van der Waals surface area contributed by atoms with Crippen LogP contribution >= 0.6 is 0 Å². The quantitative estimate of drug-likeness (QED) is 0.891. The highest BCUT2D eigenvalue weighted by Crippen LogP contribution is 2.24. The number of ether oxygens (including phenoxy) is 1. The minimum Gasteiger partial charge on any atom is -0.497 e. The molecule has 2 aromatic rings. The molecule has 6 heteroatoms. The van der Waals surface area contributed by atoms with Gasteiger partial charge in [-0.3, -0.25) is 0 Å². The number of amides is 2. The third-order valence-electron chi connectivity index (χ3n) is 3.86. The number of aryl methyl sites for hydroxylation is 1. The number of aromatic nitrogens is 2. The number of rotatable bonds is 6. The van der Waals surface area contributed by atoms with Crippen LogP contribution in [0.15, 0.2) is 36.7 Å². The lowest BCUT2D eigenvalue weighted by Crippen LogP contribution is -2.42. The van der Waals surface area contributed by atoms with Gasteiger partial charge in [-0.05, 0) is 31.5 Å². The van der Waals surface area contributed by atoms with E-state index in [1.807, 2.05) is 55.9 Å². The molecular formula is C17H24N4O2. The molecule has 0 aliphatic carbocycles. The van der Waals surface area contributed by atoms with Crippen LogP contribution in [0.5, 0.6) is 5.75 Å². The molecule has 0 aliphatic rings. The fraction of sp³-hybridized carbons (Fsp3) is 0.412. The van der Waals surface area contributed by atoms with Crippen LogP contribution in [0.4, 0.5) is 4.79 Å². The Morgan fingerprint density at radius 2 is 2.13 bits per heavy atom. The lowest BCUT2D eigenvalue weighted by atomic mass is 10.1. The molecule has 0 radical (unpaired) electrons. The van der Waals surface area contributed by atoms with Crippen LogP contribution in [0.2, 0.25) is 0 Å². The Balaban J connectivity index is 2.36. The minimum absolute atomic E-state index is 0.106. The lowest BCUT2D eigenvalue weighted by molar-refractivity contribution is 0.200. The molecule has 0 saturated heterocycles. The van der Waals surface area contributed by atoms with Gasteiger partial charge in [0.05, 0.1) is 7.11 Å². The molecule has 1 atom stereocenters. The van der Waals surface area contributed by atoms with Crippen LogP contribution in [0, 0.1) is 0 Å². The highest BCUT2D eigenvalue weighted by atomic mass is 16.5. The summed E-state index contributed by atoms with van der Waals surface area (Å²) in [7, 11) is 3.54. The number of imidazole rings is 1. The largest absolute Gasteiger partial charge is 0.497 e. The smallest absolute Gasteiger partial charge is 0.318 e. The zero-order valence-electron chi connectivity index (χ0n) is 14.1. The van der Waals surface area contributed by atoms with Crippen molar-refractivity contribution in [1.29, 1.82) is 0 Å². The Kier molecular flexibility index (Phi) is 5.62. The van der Waals surface area contributed by atoms with Crippen LogP contribution in [-0.2, 0) is 7.05 Å². The Morgan fingerprint density at radius 3 is 2.70 bits per heavy atom. The van der Waals surface area contributed by atoms with E-state index in [0.717, 1.165) is 17.1 Å². The van der Waals surface area contributed by atoms with E-state index < -0.39 is 0 Å².